The number of benzene rings is 2. The molecular weight excluding hydrogens is 231 g/mol. The first-order valence-electron chi connectivity index (χ1n) is 7.40. The van der Waals surface area contributed by atoms with Crippen LogP contribution in [-0.2, 0) is 0 Å². The van der Waals surface area contributed by atoms with Crippen LogP contribution in [0.25, 0.3) is 11.1 Å². The van der Waals surface area contributed by atoms with Gasteiger partial charge in [-0.3, -0.25) is 0 Å². The highest BCUT2D eigenvalue weighted by Crippen LogP contribution is 2.09. The van der Waals surface area contributed by atoms with Crippen LogP contribution in [0, 0.1) is 0 Å². The molecule has 0 fully saturated rings. The maximum absolute atomic E-state index is 2.36. The second kappa shape index (κ2) is 5.39. The highest BCUT2D eigenvalue weighted by atomic mass is 14.1. The summed E-state index contributed by atoms with van der Waals surface area (Å²) in [6.07, 6.45) is 0. The second-order valence-electron chi connectivity index (χ2n) is 6.23. The van der Waals surface area contributed by atoms with E-state index in [4.69, 9.17) is 0 Å². The SMILES string of the molecule is Bc1cc(-c2cc(B)c(B)c(B)c2B)c(B)c(B)c1B. The number of rotatable bonds is 1. The third-order valence-electron chi connectivity index (χ3n) is 5.25. The molecule has 90 valence electrons. The molecule has 0 nitrogen and oxygen atoms in total. The molecule has 0 saturated heterocycles. The van der Waals surface area contributed by atoms with Crippen molar-refractivity contribution in [1.82, 2.24) is 0 Å². The third-order valence-corrected chi connectivity index (χ3v) is 5.25. The Kier molecular flexibility index (Phi) is 4.14. The molecule has 20 heavy (non-hydrogen) atoms. The molecule has 0 N–H and O–H groups in total. The van der Waals surface area contributed by atoms with Crippen molar-refractivity contribution in [1.29, 1.82) is 0 Å². The van der Waals surface area contributed by atoms with Gasteiger partial charge in [-0.05, 0) is 11.1 Å². The van der Waals surface area contributed by atoms with Gasteiger partial charge in [-0.2, -0.15) is 0 Å². The Morgan fingerprint density at radius 2 is 0.700 bits per heavy atom. The van der Waals surface area contributed by atoms with Crippen LogP contribution in [0.2, 0.25) is 0 Å². The van der Waals surface area contributed by atoms with Crippen molar-refractivity contribution in [3.8, 4) is 11.1 Å². The summed E-state index contributed by atoms with van der Waals surface area (Å²) in [5.41, 5.74) is 14.1. The first-order valence-corrected chi connectivity index (χ1v) is 7.40. The van der Waals surface area contributed by atoms with E-state index in [-0.39, 0.29) is 0 Å². The van der Waals surface area contributed by atoms with Crippen molar-refractivity contribution in [2.45, 2.75) is 0 Å². The first-order chi connectivity index (χ1) is 9.25. The zero-order chi connectivity index (χ0) is 15.2. The first kappa shape index (κ1) is 15.4. The van der Waals surface area contributed by atoms with Crippen LogP contribution >= 0.6 is 0 Å². The molecule has 2 aromatic rings. The Balaban J connectivity index is 2.83. The molecular formula is C12H18B8. The Morgan fingerprint density at radius 1 is 0.400 bits per heavy atom. The molecule has 0 aliphatic rings. The Morgan fingerprint density at radius 3 is 1.00 bits per heavy atom. The van der Waals surface area contributed by atoms with Crippen molar-refractivity contribution >= 4 is 106 Å². The van der Waals surface area contributed by atoms with Gasteiger partial charge in [-0.1, -0.05) is 34.0 Å². The lowest BCUT2D eigenvalue weighted by atomic mass is 9.61. The molecule has 8 heteroatoms. The minimum absolute atomic E-state index is 1.39. The molecule has 2 rings (SSSR count). The van der Waals surface area contributed by atoms with Gasteiger partial charge in [-0.15, -0.1) is 21.9 Å². The summed E-state index contributed by atoms with van der Waals surface area (Å²) in [5.74, 6) is 0. The van der Waals surface area contributed by atoms with Crippen molar-refractivity contribution in [2.24, 2.45) is 0 Å². The van der Waals surface area contributed by atoms with Crippen molar-refractivity contribution < 1.29 is 0 Å². The fraction of sp³-hybridized carbons (Fsp3) is 0. The van der Waals surface area contributed by atoms with Crippen LogP contribution in [0.4, 0.5) is 0 Å². The van der Waals surface area contributed by atoms with E-state index in [0.717, 1.165) is 0 Å². The lowest BCUT2D eigenvalue weighted by Gasteiger charge is -2.20. The highest BCUT2D eigenvalue weighted by Gasteiger charge is 2.13. The summed E-state index contributed by atoms with van der Waals surface area (Å²) < 4.78 is 0. The molecule has 0 bridgehead atoms. The molecule has 0 aromatic heterocycles. The van der Waals surface area contributed by atoms with Crippen LogP contribution in [0.3, 0.4) is 0 Å². The number of hydrogen-bond donors (Lipinski definition) is 0. The van der Waals surface area contributed by atoms with Gasteiger partial charge >= 0.3 is 0 Å². The molecule has 0 radical (unpaired) electrons. The molecule has 2 aromatic carbocycles. The summed E-state index contributed by atoms with van der Waals surface area (Å²) in [7, 11) is 17.9. The predicted octanol–water partition coefficient (Wildman–Crippen LogP) is -10.6. The van der Waals surface area contributed by atoms with Gasteiger partial charge in [0.05, 0.1) is 0 Å². The third kappa shape index (κ3) is 2.34. The predicted molar refractivity (Wildman–Crippen MR) is 117 cm³/mol. The lowest BCUT2D eigenvalue weighted by Crippen LogP contribution is -2.50. The van der Waals surface area contributed by atoms with E-state index in [1.165, 1.54) is 54.8 Å². The van der Waals surface area contributed by atoms with E-state index < -0.39 is 0 Å². The maximum atomic E-state index is 2.36. The standard InChI is InChI=1S/C12H18B8/c13-5-1-3(7(15)11(19)9(5)17)4-2-6(14)10(18)12(20)8(4)16/h1-2H,13-20H2. The highest BCUT2D eigenvalue weighted by molar-refractivity contribution is 6.66. The van der Waals surface area contributed by atoms with Crippen LogP contribution in [-0.4, -0.2) is 62.8 Å². The topological polar surface area (TPSA) is 0 Å². The van der Waals surface area contributed by atoms with Gasteiger partial charge in [0.2, 0.25) is 0 Å². The largest absolute Gasteiger partial charge is 0.139 e. The average Bonchev–Trinajstić information content (AvgIpc) is 2.42. The van der Waals surface area contributed by atoms with E-state index in [1.807, 2.05) is 0 Å². The van der Waals surface area contributed by atoms with Crippen LogP contribution < -0.4 is 43.7 Å². The molecule has 0 unspecified atom stereocenters. The zero-order valence-corrected chi connectivity index (χ0v) is 14.2. The average molecular weight is 249 g/mol. The Bertz CT molecular complexity index is 646. The van der Waals surface area contributed by atoms with Crippen molar-refractivity contribution in [3.05, 3.63) is 12.1 Å². The van der Waals surface area contributed by atoms with Gasteiger partial charge < -0.3 is 0 Å². The number of hydrogen-bond acceptors (Lipinski definition) is 0. The van der Waals surface area contributed by atoms with E-state index >= 15 is 0 Å². The smallest absolute Gasteiger partial charge is 0.102 e. The summed E-state index contributed by atoms with van der Waals surface area (Å²) in [6, 6.07) is 4.71. The molecule has 0 heterocycles. The normalized spacial score (nSPS) is 10.6. The molecule has 0 aliphatic carbocycles. The summed E-state index contributed by atoms with van der Waals surface area (Å²) in [4.78, 5) is 0. The molecule has 0 atom stereocenters. The zero-order valence-electron chi connectivity index (χ0n) is 14.2. The minimum atomic E-state index is 1.39. The van der Waals surface area contributed by atoms with E-state index in [2.05, 4.69) is 74.9 Å². The van der Waals surface area contributed by atoms with E-state index in [0.29, 0.717) is 0 Å². The molecule has 0 aliphatic heterocycles. The Labute approximate surface area is 130 Å². The van der Waals surface area contributed by atoms with E-state index in [9.17, 15) is 0 Å². The van der Waals surface area contributed by atoms with Gasteiger partial charge in [0.25, 0.3) is 0 Å². The Hall–Kier alpha value is -1.04. The quantitative estimate of drug-likeness (QED) is 0.440. The second-order valence-corrected chi connectivity index (χ2v) is 6.23. The maximum Gasteiger partial charge on any atom is 0.139 e. The van der Waals surface area contributed by atoms with Gasteiger partial charge in [-0.25, -0.2) is 0 Å². The van der Waals surface area contributed by atoms with Gasteiger partial charge in [0, 0.05) is 0 Å². The molecule has 0 spiro atoms. The monoisotopic (exact) mass is 250 g/mol. The van der Waals surface area contributed by atoms with Crippen LogP contribution in [0.1, 0.15) is 0 Å². The molecule has 0 saturated carbocycles. The fourth-order valence-electron chi connectivity index (χ4n) is 2.98. The minimum Gasteiger partial charge on any atom is -0.102 e. The lowest BCUT2D eigenvalue weighted by molar-refractivity contribution is 1.81. The van der Waals surface area contributed by atoms with Crippen molar-refractivity contribution in [2.75, 3.05) is 0 Å². The van der Waals surface area contributed by atoms with Crippen LogP contribution in [0.15, 0.2) is 12.1 Å². The van der Waals surface area contributed by atoms with Crippen LogP contribution in [0.5, 0.6) is 0 Å². The van der Waals surface area contributed by atoms with Gasteiger partial charge in [0.1, 0.15) is 62.8 Å². The summed E-state index contributed by atoms with van der Waals surface area (Å²) in [6.45, 7) is 0. The molecule has 0 amide bonds. The fourth-order valence-corrected chi connectivity index (χ4v) is 2.98. The van der Waals surface area contributed by atoms with E-state index in [1.54, 1.807) is 0 Å². The van der Waals surface area contributed by atoms with Crippen molar-refractivity contribution in [3.63, 3.8) is 0 Å². The van der Waals surface area contributed by atoms with Gasteiger partial charge in [0.15, 0.2) is 0 Å². The summed E-state index contributed by atoms with van der Waals surface area (Å²) >= 11 is 0. The summed E-state index contributed by atoms with van der Waals surface area (Å²) in [5, 5.41) is 0.